The van der Waals surface area contributed by atoms with Crippen molar-refractivity contribution in [1.29, 1.82) is 0 Å². The molecule has 1 fully saturated rings. The van der Waals surface area contributed by atoms with Gasteiger partial charge in [-0.15, -0.1) is 10.2 Å². The van der Waals surface area contributed by atoms with Gasteiger partial charge in [-0.1, -0.05) is 23.4 Å². The molecule has 3 aromatic rings. The number of carbonyl (C=O) groups excluding carboxylic acids is 1. The molecule has 1 N–H and O–H groups in total. The molecule has 4 rings (SSSR count). The third-order valence-corrected chi connectivity index (χ3v) is 4.60. The summed E-state index contributed by atoms with van der Waals surface area (Å²) in [6, 6.07) is 9.97. The fourth-order valence-corrected chi connectivity index (χ4v) is 3.24. The van der Waals surface area contributed by atoms with Crippen LogP contribution in [0.4, 0.5) is 0 Å². The summed E-state index contributed by atoms with van der Waals surface area (Å²) in [5.41, 5.74) is 1.94. The second-order valence-electron chi connectivity index (χ2n) is 6.13. The van der Waals surface area contributed by atoms with Crippen molar-refractivity contribution in [3.8, 4) is 0 Å². The number of likely N-dealkylation sites (tertiary alicyclic amines) is 1. The SMILES string of the molecule is O=C(Cc1ccc2cccnc2c1)N1CCC(c2nn[nH]n2)CC1. The minimum Gasteiger partial charge on any atom is -0.342 e. The van der Waals surface area contributed by atoms with E-state index in [2.05, 4.69) is 25.6 Å². The highest BCUT2D eigenvalue weighted by atomic mass is 16.2. The van der Waals surface area contributed by atoms with Gasteiger partial charge >= 0.3 is 0 Å². The maximum absolute atomic E-state index is 12.6. The van der Waals surface area contributed by atoms with Gasteiger partial charge < -0.3 is 4.90 Å². The molecule has 122 valence electrons. The zero-order valence-corrected chi connectivity index (χ0v) is 13.2. The van der Waals surface area contributed by atoms with E-state index in [0.717, 1.165) is 48.2 Å². The first-order valence-electron chi connectivity index (χ1n) is 8.14. The van der Waals surface area contributed by atoms with Crippen molar-refractivity contribution in [2.75, 3.05) is 13.1 Å². The van der Waals surface area contributed by atoms with Crippen LogP contribution in [0.5, 0.6) is 0 Å². The monoisotopic (exact) mass is 322 g/mol. The number of rotatable bonds is 3. The number of H-pyrrole nitrogens is 1. The highest BCUT2D eigenvalue weighted by Crippen LogP contribution is 2.25. The summed E-state index contributed by atoms with van der Waals surface area (Å²) in [5.74, 6) is 1.21. The van der Waals surface area contributed by atoms with Crippen molar-refractivity contribution >= 4 is 16.8 Å². The van der Waals surface area contributed by atoms with Crippen LogP contribution >= 0.6 is 0 Å². The first-order valence-corrected chi connectivity index (χ1v) is 8.14. The average molecular weight is 322 g/mol. The smallest absolute Gasteiger partial charge is 0.226 e. The number of aromatic nitrogens is 5. The highest BCUT2D eigenvalue weighted by molar-refractivity contribution is 5.83. The molecule has 0 bridgehead atoms. The molecule has 0 unspecified atom stereocenters. The minimum atomic E-state index is 0.164. The number of nitrogens with zero attached hydrogens (tertiary/aromatic N) is 5. The summed E-state index contributed by atoms with van der Waals surface area (Å²) < 4.78 is 0. The van der Waals surface area contributed by atoms with E-state index < -0.39 is 0 Å². The number of fused-ring (bicyclic) bond motifs is 1. The number of hydrogen-bond acceptors (Lipinski definition) is 5. The van der Waals surface area contributed by atoms with Gasteiger partial charge in [0, 0.05) is 30.6 Å². The van der Waals surface area contributed by atoms with E-state index in [1.54, 1.807) is 6.20 Å². The second-order valence-corrected chi connectivity index (χ2v) is 6.13. The molecule has 24 heavy (non-hydrogen) atoms. The zero-order chi connectivity index (χ0) is 16.4. The molecule has 7 nitrogen and oxygen atoms in total. The maximum atomic E-state index is 12.6. The van der Waals surface area contributed by atoms with Crippen molar-refractivity contribution in [3.63, 3.8) is 0 Å². The van der Waals surface area contributed by atoms with E-state index in [9.17, 15) is 4.79 Å². The van der Waals surface area contributed by atoms with E-state index in [1.807, 2.05) is 35.2 Å². The number of pyridine rings is 1. The predicted octanol–water partition coefficient (Wildman–Crippen LogP) is 1.70. The summed E-state index contributed by atoms with van der Waals surface area (Å²) in [7, 11) is 0. The molecule has 0 atom stereocenters. The van der Waals surface area contributed by atoms with Gasteiger partial charge in [0.2, 0.25) is 5.91 Å². The first-order chi connectivity index (χ1) is 11.8. The van der Waals surface area contributed by atoms with Gasteiger partial charge in [0.1, 0.15) is 0 Å². The van der Waals surface area contributed by atoms with Crippen molar-refractivity contribution in [3.05, 3.63) is 47.9 Å². The van der Waals surface area contributed by atoms with Crippen LogP contribution in [-0.2, 0) is 11.2 Å². The molecule has 0 spiro atoms. The third-order valence-electron chi connectivity index (χ3n) is 4.60. The van der Waals surface area contributed by atoms with Crippen molar-refractivity contribution in [2.45, 2.75) is 25.2 Å². The Balaban J connectivity index is 1.39. The van der Waals surface area contributed by atoms with Crippen LogP contribution < -0.4 is 0 Å². The van der Waals surface area contributed by atoms with Crippen LogP contribution in [0.3, 0.4) is 0 Å². The predicted molar refractivity (Wildman–Crippen MR) is 88.2 cm³/mol. The number of benzene rings is 1. The van der Waals surface area contributed by atoms with Crippen LogP contribution in [0.1, 0.15) is 30.1 Å². The van der Waals surface area contributed by atoms with Gasteiger partial charge in [-0.2, -0.15) is 5.21 Å². The van der Waals surface area contributed by atoms with E-state index in [1.165, 1.54) is 0 Å². The number of amides is 1. The largest absolute Gasteiger partial charge is 0.342 e. The van der Waals surface area contributed by atoms with Gasteiger partial charge in [-0.25, -0.2) is 0 Å². The Kier molecular flexibility index (Phi) is 3.90. The van der Waals surface area contributed by atoms with Gasteiger partial charge in [-0.3, -0.25) is 9.78 Å². The number of carbonyl (C=O) groups is 1. The van der Waals surface area contributed by atoms with Gasteiger partial charge in [-0.05, 0) is 30.5 Å². The lowest BCUT2D eigenvalue weighted by Gasteiger charge is -2.30. The van der Waals surface area contributed by atoms with E-state index >= 15 is 0 Å². The number of aromatic amines is 1. The molecule has 0 saturated carbocycles. The lowest BCUT2D eigenvalue weighted by Crippen LogP contribution is -2.39. The molecule has 1 aliphatic heterocycles. The molecule has 2 aromatic heterocycles. The van der Waals surface area contributed by atoms with Crippen LogP contribution in [0.25, 0.3) is 10.9 Å². The average Bonchev–Trinajstić information content (AvgIpc) is 3.16. The Labute approximate surface area is 139 Å². The molecule has 1 aromatic carbocycles. The molecular formula is C17H18N6O. The van der Waals surface area contributed by atoms with Crippen LogP contribution in [-0.4, -0.2) is 49.5 Å². The topological polar surface area (TPSA) is 87.7 Å². The van der Waals surface area contributed by atoms with Crippen LogP contribution in [0.15, 0.2) is 36.5 Å². The van der Waals surface area contributed by atoms with Crippen molar-refractivity contribution < 1.29 is 4.79 Å². The number of hydrogen-bond donors (Lipinski definition) is 1. The fourth-order valence-electron chi connectivity index (χ4n) is 3.24. The molecule has 3 heterocycles. The Hall–Kier alpha value is -2.83. The van der Waals surface area contributed by atoms with Gasteiger partial charge in [0.05, 0.1) is 11.9 Å². The Morgan fingerprint density at radius 3 is 2.92 bits per heavy atom. The normalized spacial score (nSPS) is 15.8. The quantitative estimate of drug-likeness (QED) is 0.793. The molecule has 1 aliphatic rings. The number of tetrazole rings is 1. The maximum Gasteiger partial charge on any atom is 0.226 e. The molecule has 1 amide bonds. The Morgan fingerprint density at radius 2 is 2.12 bits per heavy atom. The number of nitrogens with one attached hydrogen (secondary N) is 1. The third kappa shape index (κ3) is 2.97. The Bertz CT molecular complexity index is 839. The zero-order valence-electron chi connectivity index (χ0n) is 13.2. The van der Waals surface area contributed by atoms with Crippen LogP contribution in [0, 0.1) is 0 Å². The molecule has 7 heteroatoms. The summed E-state index contributed by atoms with van der Waals surface area (Å²) in [6.07, 6.45) is 3.95. The summed E-state index contributed by atoms with van der Waals surface area (Å²) in [4.78, 5) is 18.8. The lowest BCUT2D eigenvalue weighted by atomic mass is 9.95. The summed E-state index contributed by atoms with van der Waals surface area (Å²) in [6.45, 7) is 1.48. The van der Waals surface area contributed by atoms with Gasteiger partial charge in [0.15, 0.2) is 5.82 Å². The first kappa shape index (κ1) is 14.7. The summed E-state index contributed by atoms with van der Waals surface area (Å²) >= 11 is 0. The lowest BCUT2D eigenvalue weighted by molar-refractivity contribution is -0.131. The Morgan fingerprint density at radius 1 is 1.25 bits per heavy atom. The van der Waals surface area contributed by atoms with E-state index in [4.69, 9.17) is 0 Å². The van der Waals surface area contributed by atoms with E-state index in [-0.39, 0.29) is 11.8 Å². The fraction of sp³-hybridized carbons (Fsp3) is 0.353. The molecular weight excluding hydrogens is 304 g/mol. The molecule has 1 saturated heterocycles. The van der Waals surface area contributed by atoms with E-state index in [0.29, 0.717) is 6.42 Å². The van der Waals surface area contributed by atoms with Crippen molar-refractivity contribution in [1.82, 2.24) is 30.5 Å². The second kappa shape index (κ2) is 6.35. The molecule has 0 aliphatic carbocycles. The van der Waals surface area contributed by atoms with Crippen LogP contribution in [0.2, 0.25) is 0 Å². The highest BCUT2D eigenvalue weighted by Gasteiger charge is 2.26. The van der Waals surface area contributed by atoms with Gasteiger partial charge in [0.25, 0.3) is 0 Å². The molecule has 0 radical (unpaired) electrons. The minimum absolute atomic E-state index is 0.164. The summed E-state index contributed by atoms with van der Waals surface area (Å²) in [5, 5.41) is 15.3. The van der Waals surface area contributed by atoms with Crippen molar-refractivity contribution in [2.24, 2.45) is 0 Å². The number of piperidine rings is 1. The standard InChI is InChI=1S/C17H18N6O/c24-16(11-12-3-4-13-2-1-7-18-15(13)10-12)23-8-5-14(6-9-23)17-19-21-22-20-17/h1-4,7,10,14H,5-6,8-9,11H2,(H,19,20,21,22).